The maximum absolute atomic E-state index is 11.8. The zero-order valence-corrected chi connectivity index (χ0v) is 48.0. The summed E-state index contributed by atoms with van der Waals surface area (Å²) in [6, 6.07) is 31.1. The number of ether oxygens (including phenoxy) is 9. The van der Waals surface area contributed by atoms with Gasteiger partial charge in [0.1, 0.15) is 41.3 Å². The van der Waals surface area contributed by atoms with Crippen LogP contribution in [0.25, 0.3) is 0 Å². The number of unbranched alkanes of at least 4 members (excludes halogenated alkanes) is 7. The molecule has 0 heterocycles. The average Bonchev–Trinajstić information content (AvgIpc) is 3.43. The zero-order valence-electron chi connectivity index (χ0n) is 48.0. The van der Waals surface area contributed by atoms with Crippen LogP contribution >= 0.6 is 0 Å². The molecule has 0 amide bonds. The van der Waals surface area contributed by atoms with E-state index < -0.39 is 24.4 Å². The Kier molecular flexibility index (Phi) is 30.3. The number of methoxy groups -OCH3 is 4. The van der Waals surface area contributed by atoms with Gasteiger partial charge in [0, 0.05) is 11.8 Å². The normalized spacial score (nSPS) is 15.6. The fourth-order valence-electron chi connectivity index (χ4n) is 9.55. The van der Waals surface area contributed by atoms with Crippen LogP contribution in [0.1, 0.15) is 129 Å². The van der Waals surface area contributed by atoms with Gasteiger partial charge in [0.2, 0.25) is 0 Å². The zero-order chi connectivity index (χ0) is 55.1. The molecule has 76 heavy (non-hydrogen) atoms. The van der Waals surface area contributed by atoms with Gasteiger partial charge in [0.15, 0.2) is 0 Å². The summed E-state index contributed by atoms with van der Waals surface area (Å²) in [6.07, 6.45) is 15.1. The van der Waals surface area contributed by atoms with Gasteiger partial charge in [0.25, 0.3) is 0 Å². The molecule has 0 aliphatic carbocycles. The fourth-order valence-corrected chi connectivity index (χ4v) is 9.55. The Balaban J connectivity index is 1.50. The predicted molar refractivity (Wildman–Crippen MR) is 306 cm³/mol. The van der Waals surface area contributed by atoms with Crippen molar-refractivity contribution in [3.63, 3.8) is 0 Å². The van der Waals surface area contributed by atoms with E-state index in [1.807, 2.05) is 106 Å². The quantitative estimate of drug-likeness (QED) is 0.0252. The largest absolute Gasteiger partial charge is 0.497 e. The van der Waals surface area contributed by atoms with Crippen molar-refractivity contribution >= 4 is 0 Å². The van der Waals surface area contributed by atoms with E-state index >= 15 is 0 Å². The minimum Gasteiger partial charge on any atom is -0.497 e. The van der Waals surface area contributed by atoms with Crippen molar-refractivity contribution in [2.24, 2.45) is 17.8 Å². The molecule has 0 radical (unpaired) electrons. The molecule has 0 saturated carbocycles. The molecule has 0 fully saturated rings. The van der Waals surface area contributed by atoms with Gasteiger partial charge in [0.05, 0.1) is 86.9 Å². The van der Waals surface area contributed by atoms with Crippen molar-refractivity contribution in [2.75, 3.05) is 48.3 Å². The third-order valence-corrected chi connectivity index (χ3v) is 14.1. The van der Waals surface area contributed by atoms with Crippen LogP contribution in [0.2, 0.25) is 0 Å². The molecule has 11 heteroatoms. The van der Waals surface area contributed by atoms with Crippen molar-refractivity contribution in [1.82, 2.24) is 0 Å². The van der Waals surface area contributed by atoms with E-state index in [1.165, 1.54) is 51.4 Å². The first kappa shape index (κ1) is 63.6. The van der Waals surface area contributed by atoms with E-state index in [0.29, 0.717) is 19.1 Å². The molecule has 0 aliphatic heterocycles. The minimum absolute atomic E-state index is 0.0292. The lowest BCUT2D eigenvalue weighted by molar-refractivity contribution is -0.170. The second kappa shape index (κ2) is 36.2. The topological polar surface area (TPSA) is 124 Å². The molecule has 4 aromatic carbocycles. The number of hydrogen-bond acceptors (Lipinski definition) is 11. The van der Waals surface area contributed by atoms with Crippen LogP contribution in [0, 0.1) is 17.8 Å². The van der Waals surface area contributed by atoms with Gasteiger partial charge in [-0.15, -0.1) is 0 Å². The molecule has 11 nitrogen and oxygen atoms in total. The standard InChI is InChI=1S/C65H94O11/c1-12-13-14-15-16-17-18-19-20-49(4)64(75-44-55-25-33-59(70-10)34-26-55)52(7)38-47(2)37-50(5)63(67)51(6)39-48(3)41-73-62(46-72-42-53-21-29-57(68-8)30-22-53)65(76-45-56-27-35-60(71-11)36-28-56)61(40-66)74-43-54-23-31-58(69-9)32-24-54/h21-39,49,51-52,61-67H,12-20,40-46H2,1-11H3/b47-38+,48-39+,50-37+/t49-,51+,52-,61+,62+,63-,64+,65-/m0/s1. The molecule has 0 spiro atoms. The van der Waals surface area contributed by atoms with Crippen molar-refractivity contribution in [1.29, 1.82) is 0 Å². The highest BCUT2D eigenvalue weighted by Crippen LogP contribution is 2.28. The molecule has 420 valence electrons. The summed E-state index contributed by atoms with van der Waals surface area (Å²) in [4.78, 5) is 0. The lowest BCUT2D eigenvalue weighted by atomic mass is 9.87. The fraction of sp³-hybridized carbons (Fsp3) is 0.538. The van der Waals surface area contributed by atoms with Crippen LogP contribution in [-0.2, 0) is 50.1 Å². The van der Waals surface area contributed by atoms with E-state index in [-0.39, 0.29) is 51.0 Å². The van der Waals surface area contributed by atoms with E-state index in [1.54, 1.807) is 28.4 Å². The second-order valence-corrected chi connectivity index (χ2v) is 20.6. The molecule has 2 N–H and O–H groups in total. The molecule has 4 aromatic rings. The van der Waals surface area contributed by atoms with E-state index in [2.05, 4.69) is 58.1 Å². The number of aliphatic hydroxyl groups excluding tert-OH is 2. The lowest BCUT2D eigenvalue weighted by Crippen LogP contribution is -2.47. The van der Waals surface area contributed by atoms with Gasteiger partial charge in [-0.05, 0) is 109 Å². The third-order valence-electron chi connectivity index (χ3n) is 14.1. The number of benzene rings is 4. The van der Waals surface area contributed by atoms with Crippen LogP contribution in [0.5, 0.6) is 23.0 Å². The molecule has 4 rings (SSSR count). The molecule has 0 bridgehead atoms. The molecule has 0 aliphatic rings. The summed E-state index contributed by atoms with van der Waals surface area (Å²) < 4.78 is 54.5. The van der Waals surface area contributed by atoms with Crippen LogP contribution < -0.4 is 18.9 Å². The van der Waals surface area contributed by atoms with Crippen LogP contribution in [0.15, 0.2) is 132 Å². The Morgan fingerprint density at radius 3 is 1.39 bits per heavy atom. The molecular weight excluding hydrogens is 957 g/mol. The number of allylic oxidation sites excluding steroid dienone is 2. The van der Waals surface area contributed by atoms with Gasteiger partial charge < -0.3 is 52.8 Å². The lowest BCUT2D eigenvalue weighted by Gasteiger charge is -2.33. The molecule has 0 unspecified atom stereocenters. The van der Waals surface area contributed by atoms with Crippen molar-refractivity contribution in [2.45, 2.75) is 163 Å². The minimum atomic E-state index is -0.778. The van der Waals surface area contributed by atoms with Gasteiger partial charge in [-0.3, -0.25) is 0 Å². The summed E-state index contributed by atoms with van der Waals surface area (Å²) in [7, 11) is 6.59. The third kappa shape index (κ3) is 23.3. The van der Waals surface area contributed by atoms with Crippen LogP contribution in [0.4, 0.5) is 0 Å². The first-order valence-corrected chi connectivity index (χ1v) is 27.7. The summed E-state index contributed by atoms with van der Waals surface area (Å²) >= 11 is 0. The van der Waals surface area contributed by atoms with Crippen LogP contribution in [-0.4, -0.2) is 89.0 Å². The Labute approximate surface area is 457 Å². The van der Waals surface area contributed by atoms with Gasteiger partial charge in [-0.2, -0.15) is 0 Å². The second-order valence-electron chi connectivity index (χ2n) is 20.6. The summed E-state index contributed by atoms with van der Waals surface area (Å²) in [5.41, 5.74) is 6.80. The Morgan fingerprint density at radius 1 is 0.500 bits per heavy atom. The summed E-state index contributed by atoms with van der Waals surface area (Å²) in [6.45, 7) is 16.3. The molecule has 0 saturated heterocycles. The first-order valence-electron chi connectivity index (χ1n) is 27.7. The maximum Gasteiger partial charge on any atom is 0.118 e. The Hall–Kier alpha value is -4.98. The smallest absolute Gasteiger partial charge is 0.118 e. The van der Waals surface area contributed by atoms with E-state index in [9.17, 15) is 10.2 Å². The van der Waals surface area contributed by atoms with Crippen molar-refractivity contribution in [3.05, 3.63) is 154 Å². The van der Waals surface area contributed by atoms with Gasteiger partial charge in [-0.25, -0.2) is 0 Å². The summed E-state index contributed by atoms with van der Waals surface area (Å²) in [5.74, 6) is 3.38. The average molecular weight is 1050 g/mol. The highest BCUT2D eigenvalue weighted by molar-refractivity contribution is 5.30. The highest BCUT2D eigenvalue weighted by Gasteiger charge is 2.33. The van der Waals surface area contributed by atoms with E-state index in [0.717, 1.165) is 68.4 Å². The first-order chi connectivity index (χ1) is 36.8. The van der Waals surface area contributed by atoms with E-state index in [4.69, 9.17) is 42.6 Å². The van der Waals surface area contributed by atoms with Gasteiger partial charge >= 0.3 is 0 Å². The van der Waals surface area contributed by atoms with Gasteiger partial charge in [-0.1, -0.05) is 157 Å². The highest BCUT2D eigenvalue weighted by atomic mass is 16.6. The number of rotatable bonds is 39. The molecule has 8 atom stereocenters. The predicted octanol–water partition coefficient (Wildman–Crippen LogP) is 14.0. The Bertz CT molecular complexity index is 2240. The van der Waals surface area contributed by atoms with Crippen LogP contribution in [0.3, 0.4) is 0 Å². The number of aliphatic hydroxyl groups is 2. The number of hydrogen-bond donors (Lipinski definition) is 2. The molecular formula is C65H94O11. The summed E-state index contributed by atoms with van der Waals surface area (Å²) in [5, 5.41) is 22.7. The Morgan fingerprint density at radius 2 is 0.934 bits per heavy atom. The maximum atomic E-state index is 11.8. The van der Waals surface area contributed by atoms with Crippen molar-refractivity contribution in [3.8, 4) is 23.0 Å². The monoisotopic (exact) mass is 1050 g/mol. The SMILES string of the molecule is CCCCCCCCCC[C@H](C)[C@@H](OCc1ccc(OC)cc1)[C@@H](C)/C=C(C)/C=C(\C)[C@H](O)[C@H](C)/C=C(\C)CO[C@H](COCc1ccc(OC)cc1)[C@@H](OCc1ccc(OC)cc1)[C@@H](CO)OCc1ccc(OC)cc1. The van der Waals surface area contributed by atoms with Crippen molar-refractivity contribution < 1.29 is 52.8 Å². The molecule has 0 aromatic heterocycles.